The molecule has 9 nitrogen and oxygen atoms in total. The first-order chi connectivity index (χ1) is 17.7. The number of fused-ring (bicyclic) bond motifs is 2. The summed E-state index contributed by atoms with van der Waals surface area (Å²) in [7, 11) is -4.88. The third kappa shape index (κ3) is 4.74. The van der Waals surface area contributed by atoms with Gasteiger partial charge in [-0.1, -0.05) is 46.9 Å². The summed E-state index contributed by atoms with van der Waals surface area (Å²) in [6.07, 6.45) is -3.92. The summed E-state index contributed by atoms with van der Waals surface area (Å²) in [5, 5.41) is 4.36. The fourth-order valence-corrected chi connectivity index (χ4v) is 5.50. The number of hydrogen-bond acceptors (Lipinski definition) is 8. The summed E-state index contributed by atoms with van der Waals surface area (Å²) < 4.78 is 67.4. The van der Waals surface area contributed by atoms with Crippen molar-refractivity contribution in [1.29, 1.82) is 0 Å². The fraction of sp³-hybridized carbons (Fsp3) is 0.208. The van der Waals surface area contributed by atoms with Gasteiger partial charge in [0.05, 0.1) is 4.90 Å². The Labute approximate surface area is 209 Å². The van der Waals surface area contributed by atoms with Crippen molar-refractivity contribution < 1.29 is 31.2 Å². The second-order valence-electron chi connectivity index (χ2n) is 8.20. The molecule has 0 saturated carbocycles. The number of carbonyl (C=O) groups is 1. The van der Waals surface area contributed by atoms with E-state index in [0.717, 1.165) is 0 Å². The first kappa shape index (κ1) is 24.7. The van der Waals surface area contributed by atoms with Gasteiger partial charge in [-0.15, -0.1) is 0 Å². The van der Waals surface area contributed by atoms with Crippen LogP contribution in [0.25, 0.3) is 21.7 Å². The van der Waals surface area contributed by atoms with Crippen LogP contribution in [0.4, 0.5) is 24.8 Å². The zero-order valence-electron chi connectivity index (χ0n) is 19.1. The number of hydrogen-bond donors (Lipinski definition) is 1. The molecule has 13 heteroatoms. The zero-order chi connectivity index (χ0) is 26.2. The van der Waals surface area contributed by atoms with E-state index in [2.05, 4.69) is 20.1 Å². The number of halogens is 3. The number of nitrogens with zero attached hydrogens (tertiary/aromatic N) is 4. The van der Waals surface area contributed by atoms with E-state index >= 15 is 0 Å². The van der Waals surface area contributed by atoms with Crippen LogP contribution < -0.4 is 14.7 Å². The lowest BCUT2D eigenvalue weighted by Gasteiger charge is -2.30. The van der Waals surface area contributed by atoms with Gasteiger partial charge >= 0.3 is 12.1 Å². The molecule has 0 atom stereocenters. The number of rotatable bonds is 5. The highest BCUT2D eigenvalue weighted by atomic mass is 32.2. The second-order valence-corrected chi connectivity index (χ2v) is 9.92. The van der Waals surface area contributed by atoms with Gasteiger partial charge < -0.3 is 15.1 Å². The van der Waals surface area contributed by atoms with Gasteiger partial charge in [-0.25, -0.2) is 9.78 Å². The minimum atomic E-state index is -5.45. The number of piperazine rings is 1. The number of sulfonamides is 1. The van der Waals surface area contributed by atoms with Gasteiger partial charge in [0.15, 0.2) is 11.6 Å². The number of anilines is 2. The van der Waals surface area contributed by atoms with E-state index < -0.39 is 28.0 Å². The van der Waals surface area contributed by atoms with E-state index in [1.165, 1.54) is 30.5 Å². The molecule has 5 rings (SSSR count). The number of alkyl halides is 3. The lowest BCUT2D eigenvalue weighted by atomic mass is 10.1. The molecule has 1 fully saturated rings. The van der Waals surface area contributed by atoms with E-state index in [0.29, 0.717) is 42.5 Å². The minimum Gasteiger partial charge on any atom is -0.352 e. The van der Waals surface area contributed by atoms with Gasteiger partial charge in [-0.05, 0) is 23.6 Å². The van der Waals surface area contributed by atoms with Crippen molar-refractivity contribution in [3.8, 4) is 0 Å². The fourth-order valence-electron chi connectivity index (χ4n) is 4.10. The monoisotopic (exact) mass is 531 g/mol. The maximum absolute atomic E-state index is 13.8. The number of carbonyl (C=O) groups excluding carboxylic acids is 1. The smallest absolute Gasteiger partial charge is 0.352 e. The Balaban J connectivity index is 1.72. The lowest BCUT2D eigenvalue weighted by molar-refractivity contribution is -0.199. The third-order valence-electron chi connectivity index (χ3n) is 5.80. The van der Waals surface area contributed by atoms with E-state index in [1.54, 1.807) is 36.4 Å². The summed E-state index contributed by atoms with van der Waals surface area (Å²) >= 11 is 0. The molecule has 3 heterocycles. The molecule has 192 valence electrons. The predicted octanol–water partition coefficient (Wildman–Crippen LogP) is 3.41. The maximum Gasteiger partial charge on any atom is 0.493 e. The number of benzene rings is 2. The van der Waals surface area contributed by atoms with E-state index in [4.69, 9.17) is 0 Å². The van der Waals surface area contributed by atoms with Crippen LogP contribution >= 0.6 is 0 Å². The van der Waals surface area contributed by atoms with Crippen molar-refractivity contribution in [3.63, 3.8) is 0 Å². The van der Waals surface area contributed by atoms with Crippen LogP contribution in [0.5, 0.6) is 0 Å². The van der Waals surface area contributed by atoms with Crippen LogP contribution in [0, 0.1) is 0 Å². The van der Waals surface area contributed by atoms with Crippen molar-refractivity contribution in [2.24, 2.45) is 0 Å². The summed E-state index contributed by atoms with van der Waals surface area (Å²) in [6.45, 7) is 2.23. The minimum absolute atomic E-state index is 0.0528. The molecule has 37 heavy (non-hydrogen) atoms. The SMILES string of the molecule is O=C(ON(c1cc2cccnc2c(N2CCNCC2)n1)S(=O)(=O)c1cccc2ccccc12)C(F)(F)F. The number of nitrogens with one attached hydrogen (secondary N) is 1. The Bertz CT molecular complexity index is 1590. The average molecular weight is 532 g/mol. The quantitative estimate of drug-likeness (QED) is 0.391. The van der Waals surface area contributed by atoms with E-state index in [-0.39, 0.29) is 20.6 Å². The molecule has 4 aromatic rings. The standard InChI is InChI=1S/C24H20F3N5O4S/c25-24(26,27)23(33)36-32(37(34,35)19-9-3-6-16-5-1-2-8-18(16)19)20-15-17-7-4-10-29-21(17)22(30-20)31-13-11-28-12-14-31/h1-10,15,28H,11-14H2. The highest BCUT2D eigenvalue weighted by Gasteiger charge is 2.45. The Kier molecular flexibility index (Phi) is 6.33. The number of aromatic nitrogens is 2. The Hall–Kier alpha value is -3.97. The summed E-state index contributed by atoms with van der Waals surface area (Å²) in [5.41, 5.74) is 0.429. The molecule has 0 radical (unpaired) electrons. The van der Waals surface area contributed by atoms with Crippen LogP contribution in [-0.2, 0) is 19.7 Å². The molecule has 1 saturated heterocycles. The van der Waals surface area contributed by atoms with Crippen molar-refractivity contribution in [2.75, 3.05) is 35.5 Å². The van der Waals surface area contributed by atoms with Gasteiger partial charge in [0, 0.05) is 43.1 Å². The van der Waals surface area contributed by atoms with Crippen molar-refractivity contribution >= 4 is 49.3 Å². The van der Waals surface area contributed by atoms with E-state index in [1.807, 2.05) is 4.90 Å². The normalized spacial score (nSPS) is 14.6. The van der Waals surface area contributed by atoms with Crippen molar-refractivity contribution in [3.05, 3.63) is 66.9 Å². The molecular weight excluding hydrogens is 511 g/mol. The van der Waals surface area contributed by atoms with Crippen LogP contribution in [-0.4, -0.2) is 56.7 Å². The molecule has 0 bridgehead atoms. The first-order valence-corrected chi connectivity index (χ1v) is 12.6. The van der Waals surface area contributed by atoms with E-state index in [9.17, 15) is 26.4 Å². The molecule has 2 aromatic carbocycles. The molecular formula is C24H20F3N5O4S. The molecule has 0 unspecified atom stereocenters. The summed E-state index contributed by atoms with van der Waals surface area (Å²) in [5.74, 6) is -2.96. The van der Waals surface area contributed by atoms with Crippen LogP contribution in [0.2, 0.25) is 0 Å². The van der Waals surface area contributed by atoms with Crippen LogP contribution in [0.1, 0.15) is 0 Å². The Morgan fingerprint density at radius 2 is 1.70 bits per heavy atom. The van der Waals surface area contributed by atoms with Gasteiger partial charge in [0.2, 0.25) is 0 Å². The highest BCUT2D eigenvalue weighted by Crippen LogP contribution is 2.34. The first-order valence-electron chi connectivity index (χ1n) is 11.2. The largest absolute Gasteiger partial charge is 0.493 e. The summed E-state index contributed by atoms with van der Waals surface area (Å²) in [4.78, 5) is 26.7. The molecule has 0 aliphatic carbocycles. The molecule has 1 N–H and O–H groups in total. The lowest BCUT2D eigenvalue weighted by Crippen LogP contribution is -2.44. The topological polar surface area (TPSA) is 105 Å². The number of pyridine rings is 2. The van der Waals surface area contributed by atoms with Gasteiger partial charge in [-0.2, -0.15) is 21.6 Å². The second kappa shape index (κ2) is 9.48. The van der Waals surface area contributed by atoms with Gasteiger partial charge in [0.1, 0.15) is 5.52 Å². The summed E-state index contributed by atoms with van der Waals surface area (Å²) in [6, 6.07) is 15.2. The molecule has 1 aliphatic rings. The molecule has 1 aliphatic heterocycles. The van der Waals surface area contributed by atoms with Crippen molar-refractivity contribution in [1.82, 2.24) is 15.3 Å². The van der Waals surface area contributed by atoms with Crippen LogP contribution in [0.3, 0.4) is 0 Å². The zero-order valence-corrected chi connectivity index (χ0v) is 20.0. The Morgan fingerprint density at radius 3 is 2.46 bits per heavy atom. The van der Waals surface area contributed by atoms with Gasteiger partial charge in [0.25, 0.3) is 10.0 Å². The molecule has 0 amide bonds. The van der Waals surface area contributed by atoms with Crippen LogP contribution in [0.15, 0.2) is 71.8 Å². The third-order valence-corrected chi connectivity index (χ3v) is 7.41. The molecule has 0 spiro atoms. The average Bonchev–Trinajstić information content (AvgIpc) is 2.90. The molecule has 2 aromatic heterocycles. The van der Waals surface area contributed by atoms with Crippen molar-refractivity contribution in [2.45, 2.75) is 11.1 Å². The predicted molar refractivity (Wildman–Crippen MR) is 130 cm³/mol. The Morgan fingerprint density at radius 1 is 1.00 bits per heavy atom. The maximum atomic E-state index is 13.8. The highest BCUT2D eigenvalue weighted by molar-refractivity contribution is 7.92. The van der Waals surface area contributed by atoms with Gasteiger partial charge in [-0.3, -0.25) is 4.98 Å².